The molecule has 1 atom stereocenters. The molecule has 0 spiro atoms. The van der Waals surface area contributed by atoms with Crippen molar-refractivity contribution in [3.8, 4) is 0 Å². The zero-order chi connectivity index (χ0) is 19.6. The average molecular weight is 382 g/mol. The molecule has 0 radical (unpaired) electrons. The first-order valence-corrected chi connectivity index (χ1v) is 9.93. The van der Waals surface area contributed by atoms with Crippen LogP contribution in [0.3, 0.4) is 0 Å². The summed E-state index contributed by atoms with van der Waals surface area (Å²) in [6, 6.07) is 18.8. The topological polar surface area (TPSA) is 46.1 Å². The third-order valence-electron chi connectivity index (χ3n) is 4.98. The Labute approximate surface area is 168 Å². The van der Waals surface area contributed by atoms with Crippen molar-refractivity contribution in [3.05, 3.63) is 71.3 Å². The minimum Gasteiger partial charge on any atom is -0.381 e. The van der Waals surface area contributed by atoms with E-state index in [1.54, 1.807) is 0 Å². The fourth-order valence-corrected chi connectivity index (χ4v) is 3.38. The number of ether oxygens (including phenoxy) is 2. The lowest BCUT2D eigenvalue weighted by Crippen LogP contribution is -2.41. The van der Waals surface area contributed by atoms with E-state index in [1.807, 2.05) is 25.2 Å². The molecule has 2 aromatic carbocycles. The summed E-state index contributed by atoms with van der Waals surface area (Å²) < 4.78 is 11.3. The van der Waals surface area contributed by atoms with E-state index in [-0.39, 0.29) is 0 Å². The molecular weight excluding hydrogens is 350 g/mol. The fourth-order valence-electron chi connectivity index (χ4n) is 3.38. The summed E-state index contributed by atoms with van der Waals surface area (Å²) in [6.07, 6.45) is 1.13. The van der Waals surface area contributed by atoms with Gasteiger partial charge in [0.05, 0.1) is 19.8 Å². The highest BCUT2D eigenvalue weighted by atomic mass is 16.5. The highest BCUT2D eigenvalue weighted by Gasteiger charge is 2.18. The van der Waals surface area contributed by atoms with E-state index in [0.29, 0.717) is 19.1 Å². The van der Waals surface area contributed by atoms with E-state index in [9.17, 15) is 0 Å². The van der Waals surface area contributed by atoms with Gasteiger partial charge in [-0.3, -0.25) is 4.99 Å². The van der Waals surface area contributed by atoms with E-state index in [4.69, 9.17) is 9.47 Å². The predicted octanol–water partition coefficient (Wildman–Crippen LogP) is 3.45. The molecule has 0 amide bonds. The number of hydrogen-bond donors (Lipinski definition) is 1. The van der Waals surface area contributed by atoms with Gasteiger partial charge in [0.15, 0.2) is 5.96 Å². The third kappa shape index (κ3) is 6.36. The zero-order valence-electron chi connectivity index (χ0n) is 16.9. The minimum atomic E-state index is 0.596. The van der Waals surface area contributed by atoms with Crippen LogP contribution in [0.4, 0.5) is 0 Å². The minimum absolute atomic E-state index is 0.596. The van der Waals surface area contributed by atoms with Crippen LogP contribution in [0.2, 0.25) is 0 Å². The van der Waals surface area contributed by atoms with Gasteiger partial charge in [0, 0.05) is 39.7 Å². The summed E-state index contributed by atoms with van der Waals surface area (Å²) in [5, 5.41) is 3.45. The second-order valence-electron chi connectivity index (χ2n) is 7.31. The molecule has 1 fully saturated rings. The van der Waals surface area contributed by atoms with Crippen LogP contribution in [0, 0.1) is 5.92 Å². The molecule has 0 aromatic heterocycles. The molecule has 28 heavy (non-hydrogen) atoms. The molecule has 3 rings (SSSR count). The molecule has 0 saturated carbocycles. The van der Waals surface area contributed by atoms with Crippen LogP contribution in [0.15, 0.2) is 59.6 Å². The van der Waals surface area contributed by atoms with E-state index < -0.39 is 0 Å². The number of benzene rings is 2. The summed E-state index contributed by atoms with van der Waals surface area (Å²) in [5.41, 5.74) is 3.61. The Hall–Kier alpha value is -2.37. The van der Waals surface area contributed by atoms with Crippen molar-refractivity contribution in [2.75, 3.05) is 33.9 Å². The predicted molar refractivity (Wildman–Crippen MR) is 113 cm³/mol. The lowest BCUT2D eigenvalue weighted by molar-refractivity contribution is 0.107. The Balaban J connectivity index is 1.41. The van der Waals surface area contributed by atoms with Crippen LogP contribution in [-0.2, 0) is 29.2 Å². The van der Waals surface area contributed by atoms with Gasteiger partial charge in [0.1, 0.15) is 0 Å². The number of nitrogens with one attached hydrogen (secondary N) is 1. The molecule has 1 N–H and O–H groups in total. The van der Waals surface area contributed by atoms with E-state index in [2.05, 4.69) is 58.7 Å². The highest BCUT2D eigenvalue weighted by Crippen LogP contribution is 2.13. The van der Waals surface area contributed by atoms with Crippen molar-refractivity contribution in [1.29, 1.82) is 0 Å². The highest BCUT2D eigenvalue weighted by molar-refractivity contribution is 5.79. The molecule has 0 aliphatic carbocycles. The Bertz CT molecular complexity index is 725. The van der Waals surface area contributed by atoms with Gasteiger partial charge in [-0.05, 0) is 23.1 Å². The maximum atomic E-state index is 5.80. The van der Waals surface area contributed by atoms with Gasteiger partial charge in [-0.2, -0.15) is 0 Å². The SMILES string of the molecule is CN=C(NCc1ccc(COCc2ccccc2)cc1)N(C)CC1CCOC1. The third-order valence-corrected chi connectivity index (χ3v) is 4.98. The molecule has 5 heteroatoms. The van der Waals surface area contributed by atoms with Crippen LogP contribution in [-0.4, -0.2) is 44.7 Å². The number of aliphatic imine (C=N–C) groups is 1. The summed E-state index contributed by atoms with van der Waals surface area (Å²) in [5.74, 6) is 1.51. The maximum Gasteiger partial charge on any atom is 0.193 e. The lowest BCUT2D eigenvalue weighted by Gasteiger charge is -2.24. The lowest BCUT2D eigenvalue weighted by atomic mass is 10.1. The molecule has 150 valence electrons. The van der Waals surface area contributed by atoms with E-state index in [0.717, 1.165) is 38.7 Å². The molecule has 1 aliphatic rings. The van der Waals surface area contributed by atoms with Crippen molar-refractivity contribution in [1.82, 2.24) is 10.2 Å². The van der Waals surface area contributed by atoms with Crippen molar-refractivity contribution in [2.45, 2.75) is 26.2 Å². The Morgan fingerprint density at radius 3 is 2.39 bits per heavy atom. The number of rotatable bonds is 8. The first kappa shape index (κ1) is 20.4. The second-order valence-corrected chi connectivity index (χ2v) is 7.31. The Morgan fingerprint density at radius 2 is 1.75 bits per heavy atom. The fraction of sp³-hybridized carbons (Fsp3) is 0.435. The molecule has 2 aromatic rings. The van der Waals surface area contributed by atoms with Crippen molar-refractivity contribution in [2.24, 2.45) is 10.9 Å². The van der Waals surface area contributed by atoms with Crippen molar-refractivity contribution in [3.63, 3.8) is 0 Å². The standard InChI is InChI=1S/C23H31N3O2/c1-24-23(26(2)15-22-12-13-27-18-22)25-14-19-8-10-21(11-9-19)17-28-16-20-6-4-3-5-7-20/h3-11,22H,12-18H2,1-2H3,(H,24,25). The van der Waals surface area contributed by atoms with Crippen molar-refractivity contribution < 1.29 is 9.47 Å². The van der Waals surface area contributed by atoms with Crippen LogP contribution in [0.25, 0.3) is 0 Å². The summed E-state index contributed by atoms with van der Waals surface area (Å²) >= 11 is 0. The van der Waals surface area contributed by atoms with Crippen LogP contribution < -0.4 is 5.32 Å². The summed E-state index contributed by atoms with van der Waals surface area (Å²) in [7, 11) is 3.91. The number of nitrogens with zero attached hydrogens (tertiary/aromatic N) is 2. The zero-order valence-corrected chi connectivity index (χ0v) is 16.9. The van der Waals surface area contributed by atoms with Crippen molar-refractivity contribution >= 4 is 5.96 Å². The second kappa shape index (κ2) is 10.8. The quantitative estimate of drug-likeness (QED) is 0.562. The first-order valence-electron chi connectivity index (χ1n) is 9.93. The normalized spacial score (nSPS) is 16.9. The van der Waals surface area contributed by atoms with Gasteiger partial charge in [-0.25, -0.2) is 0 Å². The largest absolute Gasteiger partial charge is 0.381 e. The summed E-state index contributed by atoms with van der Waals surface area (Å²) in [6.45, 7) is 4.72. The molecule has 1 aliphatic heterocycles. The number of hydrogen-bond acceptors (Lipinski definition) is 3. The Morgan fingerprint density at radius 1 is 1.07 bits per heavy atom. The van der Waals surface area contributed by atoms with Gasteiger partial charge >= 0.3 is 0 Å². The molecule has 1 unspecified atom stereocenters. The maximum absolute atomic E-state index is 5.80. The van der Waals surface area contributed by atoms with Gasteiger partial charge in [-0.1, -0.05) is 54.6 Å². The smallest absolute Gasteiger partial charge is 0.193 e. The molecular formula is C23H31N3O2. The molecule has 1 heterocycles. The Kier molecular flexibility index (Phi) is 7.88. The van der Waals surface area contributed by atoms with E-state index >= 15 is 0 Å². The first-order chi connectivity index (χ1) is 13.7. The van der Waals surface area contributed by atoms with Gasteiger partial charge < -0.3 is 19.7 Å². The average Bonchev–Trinajstić information content (AvgIpc) is 3.23. The van der Waals surface area contributed by atoms with Crippen LogP contribution in [0.1, 0.15) is 23.1 Å². The number of guanidine groups is 1. The monoisotopic (exact) mass is 381 g/mol. The van der Waals surface area contributed by atoms with Gasteiger partial charge in [0.25, 0.3) is 0 Å². The van der Waals surface area contributed by atoms with Gasteiger partial charge in [-0.15, -0.1) is 0 Å². The molecule has 5 nitrogen and oxygen atoms in total. The summed E-state index contributed by atoms with van der Waals surface area (Å²) in [4.78, 5) is 6.59. The van der Waals surface area contributed by atoms with E-state index in [1.165, 1.54) is 16.7 Å². The van der Waals surface area contributed by atoms with Crippen LogP contribution >= 0.6 is 0 Å². The van der Waals surface area contributed by atoms with Gasteiger partial charge in [0.2, 0.25) is 0 Å². The molecule has 1 saturated heterocycles. The van der Waals surface area contributed by atoms with Crippen LogP contribution in [0.5, 0.6) is 0 Å². The molecule has 0 bridgehead atoms.